The third kappa shape index (κ3) is 4.83. The molecule has 0 atom stereocenters. The molecule has 3 aromatic rings. The fraction of sp³-hybridized carbons (Fsp3) is 0.136. The third-order valence-corrected chi connectivity index (χ3v) is 5.86. The highest BCUT2D eigenvalue weighted by Crippen LogP contribution is 2.18. The van der Waals surface area contributed by atoms with Crippen LogP contribution in [0.3, 0.4) is 0 Å². The van der Waals surface area contributed by atoms with Crippen molar-refractivity contribution in [2.45, 2.75) is 24.5 Å². The second-order valence-electron chi connectivity index (χ2n) is 6.47. The molecule has 0 aliphatic heterocycles. The van der Waals surface area contributed by atoms with Crippen LogP contribution in [0.2, 0.25) is 0 Å². The number of ether oxygens (including phenoxy) is 1. The fourth-order valence-electron chi connectivity index (χ4n) is 2.56. The summed E-state index contributed by atoms with van der Waals surface area (Å²) in [5.41, 5.74) is 3.06. The monoisotopic (exact) mass is 380 g/mol. The molecule has 0 saturated heterocycles. The molecule has 0 fully saturated rings. The molecule has 5 heteroatoms. The topological polar surface area (TPSA) is 60.4 Å². The molecule has 0 aliphatic rings. The molecule has 0 radical (unpaired) electrons. The van der Waals surface area contributed by atoms with Gasteiger partial charge in [-0.15, -0.1) is 0 Å². The summed E-state index contributed by atoms with van der Waals surface area (Å²) < 4.78 is 30.3. The van der Waals surface area contributed by atoms with Gasteiger partial charge < -0.3 is 4.74 Å². The zero-order valence-electron chi connectivity index (χ0n) is 15.2. The van der Waals surface area contributed by atoms with Gasteiger partial charge in [0.1, 0.15) is 5.75 Å². The zero-order valence-corrected chi connectivity index (χ0v) is 16.0. The first-order valence-electron chi connectivity index (χ1n) is 8.51. The Morgan fingerprint density at radius 1 is 0.778 bits per heavy atom. The lowest BCUT2D eigenvalue weighted by Crippen LogP contribution is -2.09. The number of carbonyl (C=O) groups excluding carboxylic acids is 1. The zero-order chi connectivity index (χ0) is 19.4. The average molecular weight is 380 g/mol. The van der Waals surface area contributed by atoms with Crippen molar-refractivity contribution in [3.05, 3.63) is 95.1 Å². The maximum Gasteiger partial charge on any atom is 0.343 e. The highest BCUT2D eigenvalue weighted by molar-refractivity contribution is 7.90. The van der Waals surface area contributed by atoms with Gasteiger partial charge in [-0.3, -0.25) is 0 Å². The van der Waals surface area contributed by atoms with Crippen LogP contribution in [0.5, 0.6) is 5.75 Å². The van der Waals surface area contributed by atoms with E-state index in [1.165, 1.54) is 0 Å². The molecule has 138 valence electrons. The lowest BCUT2D eigenvalue weighted by atomic mass is 10.1. The van der Waals surface area contributed by atoms with Crippen LogP contribution in [0.15, 0.2) is 77.7 Å². The van der Waals surface area contributed by atoms with E-state index in [-0.39, 0.29) is 10.6 Å². The molecule has 0 aromatic heterocycles. The van der Waals surface area contributed by atoms with Crippen molar-refractivity contribution in [1.29, 1.82) is 0 Å². The van der Waals surface area contributed by atoms with E-state index in [0.29, 0.717) is 16.9 Å². The predicted molar refractivity (Wildman–Crippen MR) is 105 cm³/mol. The SMILES string of the molecule is Cc1ccc(OC(=O)c2ccc(CS(=O)(=O)c3ccc(C)cc3)cc2)cc1. The van der Waals surface area contributed by atoms with Gasteiger partial charge in [0.2, 0.25) is 0 Å². The maximum absolute atomic E-state index is 12.5. The van der Waals surface area contributed by atoms with Crippen LogP contribution in [0.4, 0.5) is 0 Å². The normalized spacial score (nSPS) is 11.2. The number of hydrogen-bond acceptors (Lipinski definition) is 4. The first kappa shape index (κ1) is 18.9. The fourth-order valence-corrected chi connectivity index (χ4v) is 3.91. The van der Waals surface area contributed by atoms with Crippen molar-refractivity contribution in [1.82, 2.24) is 0 Å². The number of carbonyl (C=O) groups is 1. The number of benzene rings is 3. The highest BCUT2D eigenvalue weighted by Gasteiger charge is 2.16. The van der Waals surface area contributed by atoms with E-state index in [1.807, 2.05) is 26.0 Å². The van der Waals surface area contributed by atoms with Crippen LogP contribution in [0.1, 0.15) is 27.0 Å². The van der Waals surface area contributed by atoms with Gasteiger partial charge in [0.15, 0.2) is 9.84 Å². The number of esters is 1. The van der Waals surface area contributed by atoms with Crippen LogP contribution in [-0.4, -0.2) is 14.4 Å². The van der Waals surface area contributed by atoms with Crippen LogP contribution < -0.4 is 4.74 Å². The van der Waals surface area contributed by atoms with Crippen molar-refractivity contribution in [3.8, 4) is 5.75 Å². The second kappa shape index (κ2) is 7.76. The van der Waals surface area contributed by atoms with Gasteiger partial charge in [-0.05, 0) is 55.8 Å². The molecule has 4 nitrogen and oxygen atoms in total. The van der Waals surface area contributed by atoms with Gasteiger partial charge in [0, 0.05) is 0 Å². The largest absolute Gasteiger partial charge is 0.423 e. The molecule has 3 rings (SSSR count). The Morgan fingerprint density at radius 3 is 1.85 bits per heavy atom. The molecule has 0 N–H and O–H groups in total. The van der Waals surface area contributed by atoms with E-state index in [1.54, 1.807) is 60.7 Å². The van der Waals surface area contributed by atoms with Crippen molar-refractivity contribution >= 4 is 15.8 Å². The summed E-state index contributed by atoms with van der Waals surface area (Å²) in [5, 5.41) is 0. The summed E-state index contributed by atoms with van der Waals surface area (Å²) in [5.74, 6) is -0.132. The van der Waals surface area contributed by atoms with Gasteiger partial charge in [-0.25, -0.2) is 13.2 Å². The van der Waals surface area contributed by atoms with E-state index in [4.69, 9.17) is 4.74 Å². The number of hydrogen-bond donors (Lipinski definition) is 0. The first-order chi connectivity index (χ1) is 12.8. The third-order valence-electron chi connectivity index (χ3n) is 4.16. The standard InChI is InChI=1S/C22H20O4S/c1-16-3-11-20(12-4-16)26-22(23)19-9-7-18(8-10-19)15-27(24,25)21-13-5-17(2)6-14-21/h3-14H,15H2,1-2H3. The van der Waals surface area contributed by atoms with Crippen molar-refractivity contribution in [2.24, 2.45) is 0 Å². The summed E-state index contributed by atoms with van der Waals surface area (Å²) in [6, 6.07) is 20.4. The smallest absolute Gasteiger partial charge is 0.343 e. The molecular formula is C22H20O4S. The summed E-state index contributed by atoms with van der Waals surface area (Å²) in [6.45, 7) is 3.86. The molecule has 0 heterocycles. The molecule has 0 bridgehead atoms. The number of rotatable bonds is 5. The van der Waals surface area contributed by atoms with Gasteiger partial charge in [-0.2, -0.15) is 0 Å². The minimum Gasteiger partial charge on any atom is -0.423 e. The van der Waals surface area contributed by atoms with Crippen LogP contribution >= 0.6 is 0 Å². The van der Waals surface area contributed by atoms with Crippen LogP contribution in [0, 0.1) is 13.8 Å². The molecular weight excluding hydrogens is 360 g/mol. The molecule has 27 heavy (non-hydrogen) atoms. The minimum atomic E-state index is -3.43. The van der Waals surface area contributed by atoms with Gasteiger partial charge in [0.05, 0.1) is 16.2 Å². The second-order valence-corrected chi connectivity index (χ2v) is 8.46. The van der Waals surface area contributed by atoms with E-state index < -0.39 is 15.8 Å². The summed E-state index contributed by atoms with van der Waals surface area (Å²) >= 11 is 0. The van der Waals surface area contributed by atoms with Crippen molar-refractivity contribution in [2.75, 3.05) is 0 Å². The quantitative estimate of drug-likeness (QED) is 0.483. The van der Waals surface area contributed by atoms with E-state index in [9.17, 15) is 13.2 Å². The Balaban J connectivity index is 1.70. The molecule has 0 spiro atoms. The Morgan fingerprint density at radius 2 is 1.30 bits per heavy atom. The Hall–Kier alpha value is -2.92. The lowest BCUT2D eigenvalue weighted by Gasteiger charge is -2.07. The summed E-state index contributed by atoms with van der Waals surface area (Å²) in [7, 11) is -3.43. The number of aryl methyl sites for hydroxylation is 2. The van der Waals surface area contributed by atoms with Gasteiger partial charge >= 0.3 is 5.97 Å². The van der Waals surface area contributed by atoms with Gasteiger partial charge in [-0.1, -0.05) is 47.5 Å². The van der Waals surface area contributed by atoms with E-state index >= 15 is 0 Å². The molecule has 0 aliphatic carbocycles. The number of sulfone groups is 1. The molecule has 0 amide bonds. The lowest BCUT2D eigenvalue weighted by molar-refractivity contribution is 0.0734. The predicted octanol–water partition coefficient (Wildman–Crippen LogP) is 4.50. The highest BCUT2D eigenvalue weighted by atomic mass is 32.2. The Kier molecular flexibility index (Phi) is 5.42. The van der Waals surface area contributed by atoms with Crippen molar-refractivity contribution < 1.29 is 17.9 Å². The average Bonchev–Trinajstić information content (AvgIpc) is 2.64. The van der Waals surface area contributed by atoms with Crippen molar-refractivity contribution in [3.63, 3.8) is 0 Å². The molecule has 3 aromatic carbocycles. The Bertz CT molecular complexity index is 1030. The molecule has 0 saturated carbocycles. The van der Waals surface area contributed by atoms with Crippen LogP contribution in [-0.2, 0) is 15.6 Å². The summed E-state index contributed by atoms with van der Waals surface area (Å²) in [4.78, 5) is 12.5. The van der Waals surface area contributed by atoms with E-state index in [0.717, 1.165) is 11.1 Å². The Labute approximate surface area is 159 Å². The van der Waals surface area contributed by atoms with Gasteiger partial charge in [0.25, 0.3) is 0 Å². The van der Waals surface area contributed by atoms with Crippen LogP contribution in [0.25, 0.3) is 0 Å². The van der Waals surface area contributed by atoms with E-state index in [2.05, 4.69) is 0 Å². The molecule has 0 unspecified atom stereocenters. The minimum absolute atomic E-state index is 0.122. The summed E-state index contributed by atoms with van der Waals surface area (Å²) in [6.07, 6.45) is 0. The maximum atomic E-state index is 12.5. The first-order valence-corrected chi connectivity index (χ1v) is 10.2.